The van der Waals surface area contributed by atoms with E-state index >= 15 is 0 Å². The predicted molar refractivity (Wildman–Crippen MR) is 90.2 cm³/mol. The number of benzene rings is 1. The van der Waals surface area contributed by atoms with Crippen LogP contribution in [0.25, 0.3) is 0 Å². The Morgan fingerprint density at radius 2 is 2.04 bits per heavy atom. The average Bonchev–Trinajstić information content (AvgIpc) is 2.54. The van der Waals surface area contributed by atoms with Gasteiger partial charge in [0.15, 0.2) is 0 Å². The molecule has 0 bridgehead atoms. The largest absolute Gasteiger partial charge is 0.350 e. The van der Waals surface area contributed by atoms with Gasteiger partial charge in [-0.3, -0.25) is 14.6 Å². The van der Waals surface area contributed by atoms with E-state index in [0.717, 1.165) is 5.69 Å². The molecule has 0 saturated carbocycles. The van der Waals surface area contributed by atoms with Gasteiger partial charge in [0.05, 0.1) is 12.2 Å². The van der Waals surface area contributed by atoms with Crippen LogP contribution in [0.4, 0.5) is 5.69 Å². The number of aromatic nitrogens is 1. The number of carbonyl (C=O) groups is 2. The summed E-state index contributed by atoms with van der Waals surface area (Å²) in [5.41, 5.74) is 1.47. The number of amides is 2. The Morgan fingerprint density at radius 3 is 2.70 bits per heavy atom. The number of anilines is 1. The topological polar surface area (TPSA) is 62.3 Å². The third-order valence-corrected chi connectivity index (χ3v) is 3.49. The third-order valence-electron chi connectivity index (χ3n) is 3.26. The molecule has 5 nitrogen and oxygen atoms in total. The summed E-state index contributed by atoms with van der Waals surface area (Å²) in [6.07, 6.45) is 1.89. The van der Waals surface area contributed by atoms with Crippen LogP contribution >= 0.6 is 11.6 Å². The molecule has 0 saturated heterocycles. The first-order valence-electron chi connectivity index (χ1n) is 7.26. The van der Waals surface area contributed by atoms with E-state index in [1.807, 2.05) is 18.2 Å². The van der Waals surface area contributed by atoms with Crippen molar-refractivity contribution in [2.75, 3.05) is 11.4 Å². The monoisotopic (exact) mass is 331 g/mol. The number of nitrogens with zero attached hydrogens (tertiary/aromatic N) is 2. The molecule has 0 aliphatic carbocycles. The van der Waals surface area contributed by atoms with Crippen LogP contribution in [0.3, 0.4) is 0 Å². The molecular weight excluding hydrogens is 314 g/mol. The Bertz CT molecular complexity index is 677. The van der Waals surface area contributed by atoms with E-state index in [0.29, 0.717) is 23.8 Å². The number of rotatable bonds is 6. The Labute approximate surface area is 140 Å². The van der Waals surface area contributed by atoms with Gasteiger partial charge in [-0.2, -0.15) is 0 Å². The lowest BCUT2D eigenvalue weighted by Crippen LogP contribution is -2.33. The van der Waals surface area contributed by atoms with Gasteiger partial charge in [0.1, 0.15) is 0 Å². The van der Waals surface area contributed by atoms with Crippen LogP contribution in [0.2, 0.25) is 5.02 Å². The molecule has 23 heavy (non-hydrogen) atoms. The molecule has 1 heterocycles. The minimum absolute atomic E-state index is 0.134. The molecule has 0 aliphatic rings. The Kier molecular flexibility index (Phi) is 6.11. The molecule has 1 aromatic heterocycles. The van der Waals surface area contributed by atoms with Crippen LogP contribution in [0.5, 0.6) is 0 Å². The number of hydrogen-bond acceptors (Lipinski definition) is 3. The third kappa shape index (κ3) is 5.38. The molecule has 2 amide bonds. The van der Waals surface area contributed by atoms with Gasteiger partial charge >= 0.3 is 0 Å². The van der Waals surface area contributed by atoms with Crippen molar-refractivity contribution in [3.8, 4) is 0 Å². The van der Waals surface area contributed by atoms with Crippen LogP contribution in [0, 0.1) is 0 Å². The van der Waals surface area contributed by atoms with Crippen LogP contribution in [-0.4, -0.2) is 23.3 Å². The lowest BCUT2D eigenvalue weighted by molar-refractivity contribution is -0.121. The summed E-state index contributed by atoms with van der Waals surface area (Å²) in [7, 11) is 0. The molecule has 0 spiro atoms. The van der Waals surface area contributed by atoms with Crippen LogP contribution < -0.4 is 10.2 Å². The highest BCUT2D eigenvalue weighted by molar-refractivity contribution is 6.30. The fourth-order valence-electron chi connectivity index (χ4n) is 2.11. The zero-order chi connectivity index (χ0) is 16.7. The van der Waals surface area contributed by atoms with Crippen LogP contribution in [-0.2, 0) is 16.1 Å². The van der Waals surface area contributed by atoms with Crippen molar-refractivity contribution in [1.29, 1.82) is 0 Å². The highest BCUT2D eigenvalue weighted by Gasteiger charge is 2.13. The Morgan fingerprint density at radius 1 is 1.22 bits per heavy atom. The summed E-state index contributed by atoms with van der Waals surface area (Å²) in [5, 5.41) is 3.34. The normalized spacial score (nSPS) is 10.2. The van der Waals surface area contributed by atoms with E-state index in [-0.39, 0.29) is 18.2 Å². The highest BCUT2D eigenvalue weighted by atomic mass is 35.5. The summed E-state index contributed by atoms with van der Waals surface area (Å²) in [5.74, 6) is -0.270. The molecule has 2 aromatic rings. The van der Waals surface area contributed by atoms with E-state index in [2.05, 4.69) is 10.3 Å². The van der Waals surface area contributed by atoms with Crippen molar-refractivity contribution in [3.63, 3.8) is 0 Å². The summed E-state index contributed by atoms with van der Waals surface area (Å²) in [6.45, 7) is 2.13. The molecule has 1 N–H and O–H groups in total. The minimum atomic E-state index is -0.135. The number of halogens is 1. The number of pyridine rings is 1. The van der Waals surface area contributed by atoms with Gasteiger partial charge in [0.25, 0.3) is 0 Å². The van der Waals surface area contributed by atoms with E-state index in [1.165, 1.54) is 11.8 Å². The van der Waals surface area contributed by atoms with Crippen molar-refractivity contribution < 1.29 is 9.59 Å². The second-order valence-electron chi connectivity index (χ2n) is 5.00. The number of hydrogen-bond donors (Lipinski definition) is 1. The second kappa shape index (κ2) is 8.29. The van der Waals surface area contributed by atoms with Gasteiger partial charge in [0.2, 0.25) is 11.8 Å². The smallest absolute Gasteiger partial charge is 0.223 e. The minimum Gasteiger partial charge on any atom is -0.350 e. The van der Waals surface area contributed by atoms with E-state index in [9.17, 15) is 9.59 Å². The fraction of sp³-hybridized carbons (Fsp3) is 0.235. The van der Waals surface area contributed by atoms with Crippen molar-refractivity contribution in [1.82, 2.24) is 10.3 Å². The quantitative estimate of drug-likeness (QED) is 0.885. The van der Waals surface area contributed by atoms with E-state index in [1.54, 1.807) is 30.5 Å². The highest BCUT2D eigenvalue weighted by Crippen LogP contribution is 2.19. The average molecular weight is 332 g/mol. The maximum absolute atomic E-state index is 11.9. The maximum Gasteiger partial charge on any atom is 0.223 e. The van der Waals surface area contributed by atoms with Crippen molar-refractivity contribution in [3.05, 3.63) is 59.4 Å². The molecule has 0 radical (unpaired) electrons. The number of carbonyl (C=O) groups excluding carboxylic acids is 2. The number of nitrogens with one attached hydrogen (secondary N) is 1. The van der Waals surface area contributed by atoms with Crippen molar-refractivity contribution in [2.24, 2.45) is 0 Å². The lowest BCUT2D eigenvalue weighted by atomic mass is 10.2. The van der Waals surface area contributed by atoms with Crippen LogP contribution in [0.15, 0.2) is 48.7 Å². The van der Waals surface area contributed by atoms with Crippen molar-refractivity contribution in [2.45, 2.75) is 19.9 Å². The van der Waals surface area contributed by atoms with Crippen LogP contribution in [0.1, 0.15) is 19.0 Å². The van der Waals surface area contributed by atoms with Gasteiger partial charge < -0.3 is 10.2 Å². The van der Waals surface area contributed by atoms with Gasteiger partial charge in [0, 0.05) is 36.8 Å². The molecule has 0 fully saturated rings. The second-order valence-corrected chi connectivity index (χ2v) is 5.43. The molecule has 120 valence electrons. The molecule has 6 heteroatoms. The fourth-order valence-corrected chi connectivity index (χ4v) is 2.29. The summed E-state index contributed by atoms with van der Waals surface area (Å²) in [6, 6.07) is 12.5. The SMILES string of the molecule is CC(=O)N(CCC(=O)NCc1ccccn1)c1cccc(Cl)c1. The van der Waals surface area contributed by atoms with Gasteiger partial charge in [-0.1, -0.05) is 23.7 Å². The maximum atomic E-state index is 11.9. The molecule has 1 aromatic carbocycles. The molecule has 0 aliphatic heterocycles. The molecular formula is C17H18ClN3O2. The van der Waals surface area contributed by atoms with Crippen molar-refractivity contribution >= 4 is 29.1 Å². The van der Waals surface area contributed by atoms with Gasteiger partial charge in [-0.15, -0.1) is 0 Å². The zero-order valence-corrected chi connectivity index (χ0v) is 13.6. The first-order chi connectivity index (χ1) is 11.1. The standard InChI is InChI=1S/C17H18ClN3O2/c1-13(22)21(16-7-4-5-14(18)11-16)10-8-17(23)20-12-15-6-2-3-9-19-15/h2-7,9,11H,8,10,12H2,1H3,(H,20,23). The first-order valence-corrected chi connectivity index (χ1v) is 7.64. The van der Waals surface area contributed by atoms with E-state index < -0.39 is 0 Å². The molecule has 2 rings (SSSR count). The molecule has 0 atom stereocenters. The Hall–Kier alpha value is -2.40. The lowest BCUT2D eigenvalue weighted by Gasteiger charge is -2.21. The molecule has 0 unspecified atom stereocenters. The summed E-state index contributed by atoms with van der Waals surface area (Å²) >= 11 is 5.95. The Balaban J connectivity index is 1.89. The van der Waals surface area contributed by atoms with Gasteiger partial charge in [-0.05, 0) is 30.3 Å². The summed E-state index contributed by atoms with van der Waals surface area (Å²) in [4.78, 5) is 29.4. The zero-order valence-electron chi connectivity index (χ0n) is 12.8. The van der Waals surface area contributed by atoms with Gasteiger partial charge in [-0.25, -0.2) is 0 Å². The predicted octanol–water partition coefficient (Wildman–Crippen LogP) is 2.79. The van der Waals surface area contributed by atoms with E-state index in [4.69, 9.17) is 11.6 Å². The summed E-state index contributed by atoms with van der Waals surface area (Å²) < 4.78 is 0. The first kappa shape index (κ1) is 17.0.